The van der Waals surface area contributed by atoms with Crippen molar-refractivity contribution in [2.45, 2.75) is 101 Å². The number of carbonyl (C=O) groups is 2. The molecular weight excluding hydrogens is 442 g/mol. The van der Waals surface area contributed by atoms with E-state index in [4.69, 9.17) is 18.8 Å². The van der Waals surface area contributed by atoms with Gasteiger partial charge in [0.25, 0.3) is 0 Å². The van der Waals surface area contributed by atoms with Crippen LogP contribution in [0, 0.1) is 0 Å². The van der Waals surface area contributed by atoms with Crippen LogP contribution in [0.2, 0.25) is 0 Å². The van der Waals surface area contributed by atoms with Gasteiger partial charge in [0.15, 0.2) is 5.79 Å². The van der Waals surface area contributed by atoms with Crippen molar-refractivity contribution in [2.24, 2.45) is 0 Å². The van der Waals surface area contributed by atoms with Gasteiger partial charge in [0.1, 0.15) is 12.2 Å². The van der Waals surface area contributed by atoms with Gasteiger partial charge in [-0.3, -0.25) is 9.35 Å². The van der Waals surface area contributed by atoms with Crippen molar-refractivity contribution in [3.63, 3.8) is 0 Å². The number of ether oxygens (including phenoxy) is 4. The average molecular weight is 473 g/mol. The summed E-state index contributed by atoms with van der Waals surface area (Å²) in [6, 6.07) is 0. The van der Waals surface area contributed by atoms with Crippen LogP contribution in [-0.4, -0.2) is 60.4 Å². The third-order valence-corrected chi connectivity index (χ3v) is 6.34. The van der Waals surface area contributed by atoms with Crippen LogP contribution in [-0.2, 0) is 38.7 Å². The lowest BCUT2D eigenvalue weighted by atomic mass is 9.82. The molecule has 1 aliphatic carbocycles. The molecule has 12 heteroatoms. The molecule has 0 aromatic heterocycles. The normalized spacial score (nSPS) is 26.1. The molecule has 2 rings (SSSR count). The molecule has 2 atom stereocenters. The summed E-state index contributed by atoms with van der Waals surface area (Å²) in [4.78, 5) is 23.9. The Hall–Kier alpha value is -1.37. The fraction of sp³-hybridized carbons (Fsp3) is 0.895. The minimum atomic E-state index is -5.96. The van der Waals surface area contributed by atoms with Crippen molar-refractivity contribution in [3.05, 3.63) is 0 Å². The van der Waals surface area contributed by atoms with Crippen molar-refractivity contribution in [1.29, 1.82) is 0 Å². The van der Waals surface area contributed by atoms with E-state index in [1.165, 1.54) is 0 Å². The Morgan fingerprint density at radius 1 is 1.13 bits per heavy atom. The Morgan fingerprint density at radius 2 is 1.71 bits per heavy atom. The third-order valence-electron chi connectivity index (χ3n) is 5.52. The van der Waals surface area contributed by atoms with Gasteiger partial charge in [-0.25, -0.2) is 4.79 Å². The van der Waals surface area contributed by atoms with Crippen molar-refractivity contribution in [1.82, 2.24) is 0 Å². The Kier molecular flexibility index (Phi) is 8.05. The monoisotopic (exact) mass is 472 g/mol. The fourth-order valence-electron chi connectivity index (χ4n) is 4.00. The average Bonchev–Trinajstić information content (AvgIpc) is 2.64. The number of rotatable bonds is 8. The van der Waals surface area contributed by atoms with E-state index in [0.29, 0.717) is 6.42 Å². The highest BCUT2D eigenvalue weighted by molar-refractivity contribution is 7.87. The summed E-state index contributed by atoms with van der Waals surface area (Å²) in [5.74, 6) is -4.07. The van der Waals surface area contributed by atoms with E-state index in [-0.39, 0.29) is 12.8 Å². The number of esters is 2. The van der Waals surface area contributed by atoms with Gasteiger partial charge in [0.05, 0.1) is 18.6 Å². The summed E-state index contributed by atoms with van der Waals surface area (Å²) in [6.07, 6.45) is 3.71. The zero-order valence-corrected chi connectivity index (χ0v) is 18.7. The van der Waals surface area contributed by atoms with Crippen molar-refractivity contribution >= 4 is 22.1 Å². The molecule has 2 aliphatic rings. The van der Waals surface area contributed by atoms with Gasteiger partial charge in [0.2, 0.25) is 0 Å². The molecule has 1 saturated carbocycles. The first-order valence-corrected chi connectivity index (χ1v) is 11.7. The third kappa shape index (κ3) is 6.80. The molecule has 0 bridgehead atoms. The van der Waals surface area contributed by atoms with Crippen molar-refractivity contribution < 1.29 is 50.3 Å². The lowest BCUT2D eigenvalue weighted by Crippen LogP contribution is -2.48. The van der Waals surface area contributed by atoms with Crippen LogP contribution < -0.4 is 0 Å². The second kappa shape index (κ2) is 9.63. The summed E-state index contributed by atoms with van der Waals surface area (Å²) >= 11 is 0. The van der Waals surface area contributed by atoms with Crippen LogP contribution in [0.25, 0.3) is 0 Å². The van der Waals surface area contributed by atoms with Crippen LogP contribution in [0.3, 0.4) is 0 Å². The molecule has 0 radical (unpaired) electrons. The summed E-state index contributed by atoms with van der Waals surface area (Å²) in [6.45, 7) is 4.35. The van der Waals surface area contributed by atoms with Gasteiger partial charge in [-0.2, -0.15) is 17.2 Å². The number of halogens is 2. The van der Waals surface area contributed by atoms with E-state index in [1.807, 2.05) is 6.92 Å². The molecule has 1 heterocycles. The molecule has 2 unspecified atom stereocenters. The van der Waals surface area contributed by atoms with Gasteiger partial charge in [-0.05, 0) is 46.0 Å². The van der Waals surface area contributed by atoms with Crippen molar-refractivity contribution in [3.8, 4) is 0 Å². The van der Waals surface area contributed by atoms with E-state index < -0.39 is 57.5 Å². The van der Waals surface area contributed by atoms with Crippen LogP contribution in [0.4, 0.5) is 8.78 Å². The molecule has 31 heavy (non-hydrogen) atoms. The zero-order valence-electron chi connectivity index (χ0n) is 17.9. The molecule has 0 aromatic rings. The minimum absolute atomic E-state index is 0.0301. The summed E-state index contributed by atoms with van der Waals surface area (Å²) in [7, 11) is -5.96. The molecular formula is C19H30F2O9S. The lowest BCUT2D eigenvalue weighted by Gasteiger charge is -2.41. The van der Waals surface area contributed by atoms with Gasteiger partial charge in [-0.15, -0.1) is 0 Å². The van der Waals surface area contributed by atoms with Crippen molar-refractivity contribution in [2.75, 3.05) is 6.61 Å². The zero-order chi connectivity index (χ0) is 23.5. The molecule has 0 amide bonds. The fourth-order valence-corrected chi connectivity index (χ4v) is 4.27. The SMILES string of the molecule is CCC1(OC(=O)CC2CC(COC(=O)C(F)(F)S(=O)(=O)O)OC(C)(C)O2)CCCCC1. The maximum atomic E-state index is 13.3. The molecule has 1 aliphatic heterocycles. The van der Waals surface area contributed by atoms with Gasteiger partial charge >= 0.3 is 27.3 Å². The highest BCUT2D eigenvalue weighted by Crippen LogP contribution is 2.36. The van der Waals surface area contributed by atoms with E-state index >= 15 is 0 Å². The molecule has 9 nitrogen and oxygen atoms in total. The summed E-state index contributed by atoms with van der Waals surface area (Å²) in [5, 5.41) is -5.09. The smallest absolute Gasteiger partial charge is 0.459 e. The second-order valence-corrected chi connectivity index (χ2v) is 9.94. The molecule has 2 fully saturated rings. The minimum Gasteiger partial charge on any atom is -0.459 e. The van der Waals surface area contributed by atoms with E-state index in [0.717, 1.165) is 32.1 Å². The van der Waals surface area contributed by atoms with E-state index in [1.54, 1.807) is 13.8 Å². The highest BCUT2D eigenvalue weighted by Gasteiger charge is 2.54. The first kappa shape index (κ1) is 25.9. The Morgan fingerprint density at radius 3 is 2.26 bits per heavy atom. The Labute approximate surface area is 180 Å². The first-order valence-electron chi connectivity index (χ1n) is 10.3. The highest BCUT2D eigenvalue weighted by atomic mass is 32.2. The quantitative estimate of drug-likeness (QED) is 0.419. The summed E-state index contributed by atoms with van der Waals surface area (Å²) in [5.41, 5.74) is -0.480. The maximum Gasteiger partial charge on any atom is 0.465 e. The van der Waals surface area contributed by atoms with Crippen LogP contribution in [0.15, 0.2) is 0 Å². The van der Waals surface area contributed by atoms with E-state index in [9.17, 15) is 26.8 Å². The van der Waals surface area contributed by atoms with Crippen LogP contribution in [0.1, 0.15) is 72.1 Å². The largest absolute Gasteiger partial charge is 0.465 e. The predicted molar refractivity (Wildman–Crippen MR) is 103 cm³/mol. The molecule has 0 aromatic carbocycles. The number of hydrogen-bond donors (Lipinski definition) is 1. The van der Waals surface area contributed by atoms with Crippen LogP contribution >= 0.6 is 0 Å². The van der Waals surface area contributed by atoms with Gasteiger partial charge in [0, 0.05) is 6.42 Å². The standard InChI is InChI=1S/C19H30F2O9S/c1-4-18(8-6-5-7-9-18)30-15(22)11-13-10-14(29-17(2,3)28-13)12-27-16(23)19(20,21)31(24,25)26/h13-14H,4-12H2,1-3H3,(H,24,25,26). The number of carbonyl (C=O) groups excluding carboxylic acids is 2. The molecule has 1 N–H and O–H groups in total. The Bertz CT molecular complexity index is 760. The molecule has 1 saturated heterocycles. The molecule has 0 spiro atoms. The first-order chi connectivity index (χ1) is 14.2. The molecule has 180 valence electrons. The van der Waals surface area contributed by atoms with Crippen LogP contribution in [0.5, 0.6) is 0 Å². The lowest BCUT2D eigenvalue weighted by molar-refractivity contribution is -0.305. The Balaban J connectivity index is 1.95. The number of alkyl halides is 2. The summed E-state index contributed by atoms with van der Waals surface area (Å²) < 4.78 is 77.8. The predicted octanol–water partition coefficient (Wildman–Crippen LogP) is 2.97. The second-order valence-electron chi connectivity index (χ2n) is 8.48. The maximum absolute atomic E-state index is 13.3. The van der Waals surface area contributed by atoms with Gasteiger partial charge < -0.3 is 18.9 Å². The van der Waals surface area contributed by atoms with Gasteiger partial charge in [-0.1, -0.05) is 13.3 Å². The number of hydrogen-bond acceptors (Lipinski definition) is 8. The topological polar surface area (TPSA) is 125 Å². The van der Waals surface area contributed by atoms with E-state index in [2.05, 4.69) is 4.74 Å².